The van der Waals surface area contributed by atoms with E-state index in [4.69, 9.17) is 4.84 Å². The highest BCUT2D eigenvalue weighted by Gasteiger charge is 2.34. The first kappa shape index (κ1) is 16.0. The van der Waals surface area contributed by atoms with E-state index in [-0.39, 0.29) is 5.91 Å². The van der Waals surface area contributed by atoms with Gasteiger partial charge in [0.05, 0.1) is 31.5 Å². The summed E-state index contributed by atoms with van der Waals surface area (Å²) in [5, 5.41) is 6.49. The molecule has 2 fully saturated rings. The van der Waals surface area contributed by atoms with Crippen LogP contribution in [0, 0.1) is 0 Å². The molecular formula is C17H20N4O4. The summed E-state index contributed by atoms with van der Waals surface area (Å²) in [4.78, 5) is 33.9. The fourth-order valence-corrected chi connectivity index (χ4v) is 3.55. The molecular weight excluding hydrogens is 324 g/mol. The third kappa shape index (κ3) is 2.86. The Hall–Kier alpha value is -2.48. The van der Waals surface area contributed by atoms with Crippen LogP contribution in [-0.2, 0) is 14.4 Å². The zero-order valence-corrected chi connectivity index (χ0v) is 14.1. The number of nitrogens with zero attached hydrogens (tertiary/aromatic N) is 4. The van der Waals surface area contributed by atoms with Gasteiger partial charge in [-0.1, -0.05) is 12.8 Å². The van der Waals surface area contributed by atoms with Gasteiger partial charge in [0.2, 0.25) is 0 Å². The number of methoxy groups -OCH3 is 1. The molecule has 1 aliphatic heterocycles. The smallest absolute Gasteiger partial charge is 0.337 e. The predicted octanol–water partition coefficient (Wildman–Crippen LogP) is 1.87. The number of ether oxygens (including phenoxy) is 1. The molecule has 0 aromatic carbocycles. The van der Waals surface area contributed by atoms with Gasteiger partial charge >= 0.3 is 5.97 Å². The molecule has 1 amide bonds. The maximum Gasteiger partial charge on any atom is 0.337 e. The van der Waals surface area contributed by atoms with Crippen molar-refractivity contribution < 1.29 is 19.2 Å². The molecule has 3 heterocycles. The normalized spacial score (nSPS) is 21.2. The van der Waals surface area contributed by atoms with Crippen LogP contribution in [0.2, 0.25) is 0 Å². The van der Waals surface area contributed by atoms with Gasteiger partial charge in [0, 0.05) is 18.0 Å². The standard InChI is InChI=1S/C17H20N4O4/c1-24-17(23)14-6-7-20(25-14)16(22)12-8-11-10-19-21(15(11)18-9-12)13-4-2-3-5-13/h8-10,13-14H,2-7H2,1H3. The summed E-state index contributed by atoms with van der Waals surface area (Å²) >= 11 is 0. The minimum Gasteiger partial charge on any atom is -0.467 e. The Labute approximate surface area is 144 Å². The maximum atomic E-state index is 12.6. The highest BCUT2D eigenvalue weighted by atomic mass is 16.7. The molecule has 0 spiro atoms. The van der Waals surface area contributed by atoms with Crippen molar-refractivity contribution in [1.82, 2.24) is 19.8 Å². The molecule has 4 rings (SSSR count). The van der Waals surface area contributed by atoms with E-state index in [2.05, 4.69) is 14.8 Å². The van der Waals surface area contributed by atoms with Crippen LogP contribution >= 0.6 is 0 Å². The Morgan fingerprint density at radius 3 is 2.80 bits per heavy atom. The Kier molecular flexibility index (Phi) is 4.12. The number of pyridine rings is 1. The van der Waals surface area contributed by atoms with Crippen molar-refractivity contribution >= 4 is 22.9 Å². The van der Waals surface area contributed by atoms with Gasteiger partial charge in [0.15, 0.2) is 11.8 Å². The first-order chi connectivity index (χ1) is 12.2. The molecule has 2 aromatic rings. The summed E-state index contributed by atoms with van der Waals surface area (Å²) in [6.07, 6.45) is 7.67. The van der Waals surface area contributed by atoms with Crippen LogP contribution in [0.4, 0.5) is 0 Å². The van der Waals surface area contributed by atoms with Crippen molar-refractivity contribution in [2.24, 2.45) is 0 Å². The average molecular weight is 344 g/mol. The molecule has 0 N–H and O–H groups in total. The maximum absolute atomic E-state index is 12.6. The fraction of sp³-hybridized carbons (Fsp3) is 0.529. The number of hydrogen-bond acceptors (Lipinski definition) is 6. The second kappa shape index (κ2) is 6.44. The lowest BCUT2D eigenvalue weighted by molar-refractivity contribution is -0.169. The number of carbonyl (C=O) groups is 2. The topological polar surface area (TPSA) is 86.5 Å². The molecule has 1 saturated heterocycles. The summed E-state index contributed by atoms with van der Waals surface area (Å²) in [6, 6.07) is 2.17. The second-order valence-electron chi connectivity index (χ2n) is 6.48. The molecule has 25 heavy (non-hydrogen) atoms. The first-order valence-corrected chi connectivity index (χ1v) is 8.57. The Balaban J connectivity index is 1.54. The number of aromatic nitrogens is 3. The molecule has 0 radical (unpaired) electrons. The Bertz CT molecular complexity index is 812. The zero-order valence-electron chi connectivity index (χ0n) is 14.1. The van der Waals surface area contributed by atoms with E-state index in [0.29, 0.717) is 24.6 Å². The largest absolute Gasteiger partial charge is 0.467 e. The number of hydroxylamine groups is 2. The van der Waals surface area contributed by atoms with Gasteiger partial charge in [0.1, 0.15) is 0 Å². The zero-order chi connectivity index (χ0) is 17.4. The quantitative estimate of drug-likeness (QED) is 0.790. The van der Waals surface area contributed by atoms with Gasteiger partial charge in [-0.2, -0.15) is 5.10 Å². The number of carbonyl (C=O) groups excluding carboxylic acids is 2. The van der Waals surface area contributed by atoms with Gasteiger partial charge in [-0.05, 0) is 18.9 Å². The number of hydrogen-bond donors (Lipinski definition) is 0. The molecule has 1 saturated carbocycles. The van der Waals surface area contributed by atoms with Crippen molar-refractivity contribution in [3.8, 4) is 0 Å². The first-order valence-electron chi connectivity index (χ1n) is 8.57. The molecule has 2 aliphatic rings. The van der Waals surface area contributed by atoms with Crippen LogP contribution in [-0.4, -0.2) is 51.5 Å². The minimum absolute atomic E-state index is 0.311. The molecule has 1 atom stereocenters. The van der Waals surface area contributed by atoms with Gasteiger partial charge in [-0.15, -0.1) is 0 Å². The van der Waals surface area contributed by atoms with Crippen molar-refractivity contribution in [3.63, 3.8) is 0 Å². The number of esters is 1. The van der Waals surface area contributed by atoms with Gasteiger partial charge in [-0.25, -0.2) is 19.5 Å². The van der Waals surface area contributed by atoms with E-state index < -0.39 is 12.1 Å². The lowest BCUT2D eigenvalue weighted by atomic mass is 10.2. The van der Waals surface area contributed by atoms with Gasteiger partial charge in [0.25, 0.3) is 5.91 Å². The average Bonchev–Trinajstić information content (AvgIpc) is 3.39. The summed E-state index contributed by atoms with van der Waals surface area (Å²) in [5.74, 6) is -0.781. The molecule has 1 unspecified atom stereocenters. The second-order valence-corrected chi connectivity index (χ2v) is 6.48. The van der Waals surface area contributed by atoms with Gasteiger partial charge in [-0.3, -0.25) is 9.63 Å². The molecule has 1 aliphatic carbocycles. The van der Waals surface area contributed by atoms with Crippen molar-refractivity contribution in [2.45, 2.75) is 44.2 Å². The van der Waals surface area contributed by atoms with Crippen LogP contribution in [0.15, 0.2) is 18.5 Å². The summed E-state index contributed by atoms with van der Waals surface area (Å²) in [6.45, 7) is 0.345. The highest BCUT2D eigenvalue weighted by molar-refractivity contribution is 5.96. The van der Waals surface area contributed by atoms with Crippen molar-refractivity contribution in [3.05, 3.63) is 24.0 Å². The van der Waals surface area contributed by atoms with Crippen molar-refractivity contribution in [1.29, 1.82) is 0 Å². The lowest BCUT2D eigenvalue weighted by Gasteiger charge is -2.15. The monoisotopic (exact) mass is 344 g/mol. The number of amides is 1. The van der Waals surface area contributed by atoms with Crippen LogP contribution in [0.1, 0.15) is 48.5 Å². The third-order valence-corrected chi connectivity index (χ3v) is 4.89. The number of rotatable bonds is 3. The molecule has 8 heteroatoms. The highest BCUT2D eigenvalue weighted by Crippen LogP contribution is 2.31. The summed E-state index contributed by atoms with van der Waals surface area (Å²) in [5.41, 5.74) is 1.22. The SMILES string of the molecule is COC(=O)C1CCN(C(=O)c2cnc3c(cnn3C3CCCC3)c2)O1. The van der Waals surface area contributed by atoms with E-state index in [1.54, 1.807) is 18.5 Å². The van der Waals surface area contributed by atoms with E-state index in [0.717, 1.165) is 23.9 Å². The van der Waals surface area contributed by atoms with Crippen molar-refractivity contribution in [2.75, 3.05) is 13.7 Å². The van der Waals surface area contributed by atoms with E-state index in [9.17, 15) is 9.59 Å². The lowest BCUT2D eigenvalue weighted by Crippen LogP contribution is -2.30. The van der Waals surface area contributed by atoms with E-state index in [1.807, 2.05) is 4.68 Å². The molecule has 8 nitrogen and oxygen atoms in total. The Morgan fingerprint density at radius 2 is 2.04 bits per heavy atom. The fourth-order valence-electron chi connectivity index (χ4n) is 3.55. The Morgan fingerprint density at radius 1 is 1.24 bits per heavy atom. The minimum atomic E-state index is -0.726. The van der Waals surface area contributed by atoms with E-state index >= 15 is 0 Å². The van der Waals surface area contributed by atoms with E-state index in [1.165, 1.54) is 25.0 Å². The van der Waals surface area contributed by atoms with Crippen LogP contribution < -0.4 is 0 Å². The summed E-state index contributed by atoms with van der Waals surface area (Å²) < 4.78 is 6.62. The van der Waals surface area contributed by atoms with Crippen LogP contribution in [0.25, 0.3) is 11.0 Å². The third-order valence-electron chi connectivity index (χ3n) is 4.89. The molecule has 132 valence electrons. The summed E-state index contributed by atoms with van der Waals surface area (Å²) in [7, 11) is 1.30. The predicted molar refractivity (Wildman–Crippen MR) is 87.6 cm³/mol. The van der Waals surface area contributed by atoms with Gasteiger partial charge < -0.3 is 4.74 Å². The van der Waals surface area contributed by atoms with Crippen LogP contribution in [0.5, 0.6) is 0 Å². The number of fused-ring (bicyclic) bond motifs is 1. The molecule has 0 bridgehead atoms. The molecule has 2 aromatic heterocycles. The van der Waals surface area contributed by atoms with Crippen LogP contribution in [0.3, 0.4) is 0 Å².